The highest BCUT2D eigenvalue weighted by Gasteiger charge is 2.31. The van der Waals surface area contributed by atoms with Crippen molar-refractivity contribution in [2.75, 3.05) is 24.1 Å². The van der Waals surface area contributed by atoms with Gasteiger partial charge in [0.15, 0.2) is 0 Å². The Morgan fingerprint density at radius 2 is 1.77 bits per heavy atom. The van der Waals surface area contributed by atoms with Crippen molar-refractivity contribution in [3.8, 4) is 0 Å². The van der Waals surface area contributed by atoms with Gasteiger partial charge in [0.05, 0.1) is 16.0 Å². The molecule has 1 N–H and O–H groups in total. The molecule has 0 saturated carbocycles. The molecule has 1 amide bonds. The van der Waals surface area contributed by atoms with Crippen LogP contribution in [0.3, 0.4) is 0 Å². The Bertz CT molecular complexity index is 1030. The minimum absolute atomic E-state index is 0.182. The number of benzene rings is 2. The fourth-order valence-electron chi connectivity index (χ4n) is 3.26. The number of thioether (sulfide) groups is 1. The van der Waals surface area contributed by atoms with Gasteiger partial charge in [-0.3, -0.25) is 9.52 Å². The van der Waals surface area contributed by atoms with E-state index in [1.807, 2.05) is 0 Å². The lowest BCUT2D eigenvalue weighted by atomic mass is 10.1. The molecule has 1 fully saturated rings. The van der Waals surface area contributed by atoms with Crippen LogP contribution in [0.2, 0.25) is 0 Å². The number of carbonyl (C=O) groups is 1. The van der Waals surface area contributed by atoms with Crippen LogP contribution >= 0.6 is 11.8 Å². The molecule has 10 heteroatoms. The second kappa shape index (κ2) is 8.89. The molecule has 0 aromatic heterocycles. The monoisotopic (exact) mass is 458 g/mol. The molecule has 162 valence electrons. The van der Waals surface area contributed by atoms with E-state index in [0.29, 0.717) is 18.0 Å². The van der Waals surface area contributed by atoms with E-state index < -0.39 is 21.8 Å². The first-order valence-corrected chi connectivity index (χ1v) is 12.0. The molecule has 0 radical (unpaired) electrons. The predicted molar refractivity (Wildman–Crippen MR) is 110 cm³/mol. The SMILES string of the molecule is CSc1ccc(S(=O)(=O)Nc2cccc(C(F)(F)F)c2)cc1C(=O)N1CCCCC1. The van der Waals surface area contributed by atoms with Crippen molar-refractivity contribution < 1.29 is 26.4 Å². The summed E-state index contributed by atoms with van der Waals surface area (Å²) in [6.07, 6.45) is 0.0478. The zero-order valence-electron chi connectivity index (χ0n) is 16.2. The zero-order chi connectivity index (χ0) is 21.9. The van der Waals surface area contributed by atoms with Gasteiger partial charge in [-0.1, -0.05) is 6.07 Å². The van der Waals surface area contributed by atoms with E-state index in [4.69, 9.17) is 0 Å². The van der Waals surface area contributed by atoms with E-state index in [0.717, 1.165) is 37.5 Å². The Morgan fingerprint density at radius 1 is 1.07 bits per heavy atom. The van der Waals surface area contributed by atoms with Crippen molar-refractivity contribution in [3.63, 3.8) is 0 Å². The fraction of sp³-hybridized carbons (Fsp3) is 0.350. The zero-order valence-corrected chi connectivity index (χ0v) is 17.8. The predicted octanol–water partition coefficient (Wildman–Crippen LogP) is 4.85. The Kier molecular flexibility index (Phi) is 6.66. The standard InChI is InChI=1S/C20H21F3N2O3S2/c1-29-18-9-8-16(13-17(18)19(26)25-10-3-2-4-11-25)30(27,28)24-15-7-5-6-14(12-15)20(21,22)23/h5-9,12-13,24H,2-4,10-11H2,1H3. The first-order chi connectivity index (χ1) is 14.1. The summed E-state index contributed by atoms with van der Waals surface area (Å²) in [7, 11) is -4.18. The number of piperidine rings is 1. The number of likely N-dealkylation sites (tertiary alicyclic amines) is 1. The van der Waals surface area contributed by atoms with E-state index in [1.54, 1.807) is 17.2 Å². The molecule has 2 aromatic carbocycles. The van der Waals surface area contributed by atoms with Crippen LogP contribution in [0.1, 0.15) is 35.2 Å². The molecule has 2 aromatic rings. The average Bonchev–Trinajstić information content (AvgIpc) is 2.72. The molecule has 0 bridgehead atoms. The van der Waals surface area contributed by atoms with Crippen LogP contribution in [0.4, 0.5) is 18.9 Å². The highest BCUT2D eigenvalue weighted by Crippen LogP contribution is 2.32. The number of amides is 1. The van der Waals surface area contributed by atoms with Crippen LogP contribution in [0.25, 0.3) is 0 Å². The Labute approximate surface area is 177 Å². The molecular weight excluding hydrogens is 437 g/mol. The summed E-state index contributed by atoms with van der Waals surface area (Å²) in [5.74, 6) is -0.241. The van der Waals surface area contributed by atoms with Gasteiger partial charge in [0.25, 0.3) is 15.9 Å². The van der Waals surface area contributed by atoms with Crippen LogP contribution in [-0.2, 0) is 16.2 Å². The van der Waals surface area contributed by atoms with Crippen molar-refractivity contribution in [3.05, 3.63) is 53.6 Å². The minimum atomic E-state index is -4.59. The number of hydrogen-bond donors (Lipinski definition) is 1. The molecule has 3 rings (SSSR count). The lowest BCUT2D eigenvalue weighted by Gasteiger charge is -2.27. The van der Waals surface area contributed by atoms with Crippen LogP contribution < -0.4 is 4.72 Å². The maximum absolute atomic E-state index is 12.9. The van der Waals surface area contributed by atoms with E-state index >= 15 is 0 Å². The van der Waals surface area contributed by atoms with Gasteiger partial charge in [-0.15, -0.1) is 11.8 Å². The summed E-state index contributed by atoms with van der Waals surface area (Å²) in [6, 6.07) is 8.13. The molecule has 1 aliphatic heterocycles. The van der Waals surface area contributed by atoms with E-state index in [-0.39, 0.29) is 22.1 Å². The summed E-state index contributed by atoms with van der Waals surface area (Å²) in [5.41, 5.74) is -0.889. The van der Waals surface area contributed by atoms with Gasteiger partial charge in [0.2, 0.25) is 0 Å². The van der Waals surface area contributed by atoms with Crippen molar-refractivity contribution in [1.29, 1.82) is 0 Å². The van der Waals surface area contributed by atoms with E-state index in [9.17, 15) is 26.4 Å². The smallest absolute Gasteiger partial charge is 0.339 e. The van der Waals surface area contributed by atoms with Crippen LogP contribution in [-0.4, -0.2) is 38.6 Å². The molecule has 1 saturated heterocycles. The number of halogens is 3. The van der Waals surface area contributed by atoms with E-state index in [2.05, 4.69) is 4.72 Å². The van der Waals surface area contributed by atoms with Crippen molar-refractivity contribution >= 4 is 33.4 Å². The van der Waals surface area contributed by atoms with Crippen LogP contribution in [0.15, 0.2) is 52.3 Å². The molecule has 0 spiro atoms. The molecule has 0 atom stereocenters. The van der Waals surface area contributed by atoms with E-state index in [1.165, 1.54) is 30.0 Å². The van der Waals surface area contributed by atoms with Gasteiger partial charge in [-0.05, 0) is 61.9 Å². The number of hydrogen-bond acceptors (Lipinski definition) is 4. The number of nitrogens with zero attached hydrogens (tertiary/aromatic N) is 1. The van der Waals surface area contributed by atoms with Gasteiger partial charge >= 0.3 is 6.18 Å². The van der Waals surface area contributed by atoms with Crippen molar-refractivity contribution in [1.82, 2.24) is 4.90 Å². The number of rotatable bonds is 5. The second-order valence-electron chi connectivity index (χ2n) is 6.90. The second-order valence-corrected chi connectivity index (χ2v) is 9.43. The third kappa shape index (κ3) is 5.10. The fourth-order valence-corrected chi connectivity index (χ4v) is 4.91. The quantitative estimate of drug-likeness (QED) is 0.651. The highest BCUT2D eigenvalue weighted by molar-refractivity contribution is 7.98. The Balaban J connectivity index is 1.92. The summed E-state index contributed by atoms with van der Waals surface area (Å²) < 4.78 is 66.5. The molecule has 30 heavy (non-hydrogen) atoms. The molecule has 5 nitrogen and oxygen atoms in total. The molecule has 0 aliphatic carbocycles. The molecule has 1 heterocycles. The third-order valence-corrected chi connectivity index (χ3v) is 6.97. The lowest BCUT2D eigenvalue weighted by Crippen LogP contribution is -2.36. The number of carbonyl (C=O) groups excluding carboxylic acids is 1. The first kappa shape index (κ1) is 22.5. The summed E-state index contributed by atoms with van der Waals surface area (Å²) >= 11 is 1.33. The van der Waals surface area contributed by atoms with Gasteiger partial charge in [-0.25, -0.2) is 8.42 Å². The molecule has 0 unspecified atom stereocenters. The summed E-state index contributed by atoms with van der Waals surface area (Å²) in [4.78, 5) is 15.1. The Hall–Kier alpha value is -2.20. The molecule has 1 aliphatic rings. The summed E-state index contributed by atoms with van der Waals surface area (Å²) in [6.45, 7) is 1.23. The topological polar surface area (TPSA) is 66.5 Å². The number of alkyl halides is 3. The van der Waals surface area contributed by atoms with Gasteiger partial charge in [0, 0.05) is 23.7 Å². The Morgan fingerprint density at radius 3 is 2.40 bits per heavy atom. The van der Waals surface area contributed by atoms with Crippen molar-refractivity contribution in [2.24, 2.45) is 0 Å². The number of nitrogens with one attached hydrogen (secondary N) is 1. The maximum atomic E-state index is 12.9. The summed E-state index contributed by atoms with van der Waals surface area (Å²) in [5, 5.41) is 0. The number of anilines is 1. The van der Waals surface area contributed by atoms with Gasteiger partial charge < -0.3 is 4.90 Å². The van der Waals surface area contributed by atoms with Gasteiger partial charge in [-0.2, -0.15) is 13.2 Å². The van der Waals surface area contributed by atoms with Crippen molar-refractivity contribution in [2.45, 2.75) is 35.2 Å². The lowest BCUT2D eigenvalue weighted by molar-refractivity contribution is -0.137. The minimum Gasteiger partial charge on any atom is -0.339 e. The van der Waals surface area contributed by atoms with Crippen LogP contribution in [0.5, 0.6) is 0 Å². The third-order valence-electron chi connectivity index (χ3n) is 4.80. The van der Waals surface area contributed by atoms with Gasteiger partial charge in [0.1, 0.15) is 0 Å². The normalized spacial score (nSPS) is 15.1. The molecular formula is C20H21F3N2O3S2. The maximum Gasteiger partial charge on any atom is 0.416 e. The average molecular weight is 459 g/mol. The highest BCUT2D eigenvalue weighted by atomic mass is 32.2. The first-order valence-electron chi connectivity index (χ1n) is 9.29. The largest absolute Gasteiger partial charge is 0.416 e. The number of sulfonamides is 1. The van der Waals surface area contributed by atoms with Crippen LogP contribution in [0, 0.1) is 0 Å².